The fourth-order valence-electron chi connectivity index (χ4n) is 3.01. The minimum atomic E-state index is -4.41. The quantitative estimate of drug-likeness (QED) is 0.904. The van der Waals surface area contributed by atoms with Gasteiger partial charge >= 0.3 is 6.18 Å². The molecule has 2 heterocycles. The third-order valence-electron chi connectivity index (χ3n) is 4.36. The monoisotopic (exact) mass is 344 g/mol. The zero-order chi connectivity index (χ0) is 17.2. The van der Waals surface area contributed by atoms with Crippen molar-refractivity contribution < 1.29 is 27.4 Å². The predicted octanol–water partition coefficient (Wildman–Crippen LogP) is 1.53. The first-order chi connectivity index (χ1) is 11.4. The molecular weight excluding hydrogens is 325 g/mol. The van der Waals surface area contributed by atoms with Crippen LogP contribution in [0.4, 0.5) is 13.2 Å². The molecule has 2 atom stereocenters. The Morgan fingerprint density at radius 3 is 2.38 bits per heavy atom. The van der Waals surface area contributed by atoms with Crippen LogP contribution in [0.3, 0.4) is 0 Å². The summed E-state index contributed by atoms with van der Waals surface area (Å²) in [6, 6.07) is 4.10. The van der Waals surface area contributed by atoms with Crippen LogP contribution in [0.2, 0.25) is 0 Å². The van der Waals surface area contributed by atoms with Crippen LogP contribution in [0.1, 0.15) is 15.9 Å². The second kappa shape index (κ2) is 7.08. The summed E-state index contributed by atoms with van der Waals surface area (Å²) in [4.78, 5) is 14.5. The average molecular weight is 344 g/mol. The summed E-state index contributed by atoms with van der Waals surface area (Å²) in [7, 11) is 0. The molecule has 132 valence electrons. The Kier molecular flexibility index (Phi) is 5.07. The van der Waals surface area contributed by atoms with Crippen molar-refractivity contribution in [2.24, 2.45) is 0 Å². The Bertz CT molecular complexity index is 571. The van der Waals surface area contributed by atoms with Crippen LogP contribution >= 0.6 is 0 Å². The molecule has 3 rings (SSSR count). The number of carbonyl (C=O) groups is 1. The lowest BCUT2D eigenvalue weighted by molar-refractivity contribution is -0.137. The van der Waals surface area contributed by atoms with Crippen molar-refractivity contribution in [3.8, 4) is 0 Å². The highest BCUT2D eigenvalue weighted by Gasteiger charge is 2.35. The first-order valence-corrected chi connectivity index (χ1v) is 7.83. The number of rotatable bonds is 3. The molecule has 2 fully saturated rings. The van der Waals surface area contributed by atoms with E-state index in [1.165, 1.54) is 12.1 Å². The molecule has 1 amide bonds. The van der Waals surface area contributed by atoms with Crippen molar-refractivity contribution in [3.05, 3.63) is 35.4 Å². The zero-order valence-electron chi connectivity index (χ0n) is 13.0. The zero-order valence-corrected chi connectivity index (χ0v) is 13.0. The van der Waals surface area contributed by atoms with Gasteiger partial charge in [0.25, 0.3) is 5.91 Å². The molecule has 0 radical (unpaired) electrons. The molecule has 2 aliphatic heterocycles. The van der Waals surface area contributed by atoms with E-state index in [0.717, 1.165) is 25.2 Å². The van der Waals surface area contributed by atoms with Crippen LogP contribution in [0.25, 0.3) is 0 Å². The average Bonchev–Trinajstić information content (AvgIpc) is 3.03. The van der Waals surface area contributed by atoms with Gasteiger partial charge in [-0.25, -0.2) is 0 Å². The number of benzene rings is 1. The number of hydrogen-bond acceptors (Lipinski definition) is 4. The molecule has 1 aromatic carbocycles. The summed E-state index contributed by atoms with van der Waals surface area (Å²) in [5.41, 5.74) is -0.565. The normalized spacial score (nSPS) is 25.6. The molecule has 8 heteroatoms. The molecule has 24 heavy (non-hydrogen) atoms. The number of alkyl halides is 3. The van der Waals surface area contributed by atoms with E-state index in [4.69, 9.17) is 9.47 Å². The lowest BCUT2D eigenvalue weighted by atomic mass is 10.1. The van der Waals surface area contributed by atoms with Gasteiger partial charge in [-0.05, 0) is 24.3 Å². The van der Waals surface area contributed by atoms with Gasteiger partial charge in [-0.15, -0.1) is 0 Å². The molecule has 0 aliphatic carbocycles. The van der Waals surface area contributed by atoms with Crippen molar-refractivity contribution in [1.29, 1.82) is 0 Å². The number of hydrogen-bond donors (Lipinski definition) is 1. The molecule has 1 N–H and O–H groups in total. The van der Waals surface area contributed by atoms with Crippen LogP contribution in [0, 0.1) is 0 Å². The smallest absolute Gasteiger partial charge is 0.379 e. The van der Waals surface area contributed by atoms with E-state index in [1.807, 2.05) is 0 Å². The fourth-order valence-corrected chi connectivity index (χ4v) is 3.01. The highest BCUT2D eigenvalue weighted by atomic mass is 19.4. The number of nitrogens with zero attached hydrogens (tertiary/aromatic N) is 1. The summed E-state index contributed by atoms with van der Waals surface area (Å²) in [6.45, 7) is 3.78. The van der Waals surface area contributed by atoms with Crippen LogP contribution < -0.4 is 5.32 Å². The van der Waals surface area contributed by atoms with Gasteiger partial charge in [0, 0.05) is 18.7 Å². The van der Waals surface area contributed by atoms with Crippen molar-refractivity contribution in [3.63, 3.8) is 0 Å². The minimum Gasteiger partial charge on any atom is -0.379 e. The Balaban J connectivity index is 1.63. The van der Waals surface area contributed by atoms with Gasteiger partial charge < -0.3 is 14.8 Å². The van der Waals surface area contributed by atoms with E-state index in [1.54, 1.807) is 0 Å². The molecule has 2 aliphatic rings. The van der Waals surface area contributed by atoms with Crippen molar-refractivity contribution >= 4 is 5.91 Å². The van der Waals surface area contributed by atoms with E-state index >= 15 is 0 Å². The third-order valence-corrected chi connectivity index (χ3v) is 4.36. The number of nitrogens with one attached hydrogen (secondary N) is 1. The molecule has 0 unspecified atom stereocenters. The first-order valence-electron chi connectivity index (χ1n) is 7.83. The Labute approximate surface area is 137 Å². The molecule has 0 bridgehead atoms. The summed E-state index contributed by atoms with van der Waals surface area (Å²) < 4.78 is 48.5. The Hall–Kier alpha value is -1.64. The first kappa shape index (κ1) is 17.2. The van der Waals surface area contributed by atoms with E-state index < -0.39 is 17.6 Å². The van der Waals surface area contributed by atoms with Gasteiger partial charge in [-0.3, -0.25) is 9.69 Å². The van der Waals surface area contributed by atoms with Crippen molar-refractivity contribution in [2.45, 2.75) is 18.3 Å². The van der Waals surface area contributed by atoms with Crippen molar-refractivity contribution in [2.75, 3.05) is 39.5 Å². The van der Waals surface area contributed by atoms with Crippen LogP contribution in [-0.2, 0) is 15.7 Å². The third kappa shape index (κ3) is 3.88. The van der Waals surface area contributed by atoms with Crippen LogP contribution in [0.5, 0.6) is 0 Å². The Morgan fingerprint density at radius 2 is 1.75 bits per heavy atom. The van der Waals surface area contributed by atoms with E-state index in [2.05, 4.69) is 10.2 Å². The van der Waals surface area contributed by atoms with E-state index in [9.17, 15) is 18.0 Å². The molecular formula is C16H19F3N2O3. The number of carbonyl (C=O) groups excluding carboxylic acids is 1. The maximum Gasteiger partial charge on any atom is 0.416 e. The standard InChI is InChI=1S/C16H19F3N2O3/c17-16(18,19)12-3-1-11(2-4-12)15(22)20-13-9-24-10-14(13)21-5-7-23-8-6-21/h1-4,13-14H,5-10H2,(H,20,22)/t13-,14-/m1/s1. The topological polar surface area (TPSA) is 50.8 Å². The Morgan fingerprint density at radius 1 is 1.08 bits per heavy atom. The summed E-state index contributed by atoms with van der Waals surface area (Å²) in [5, 5.41) is 2.87. The minimum absolute atomic E-state index is 0.0623. The predicted molar refractivity (Wildman–Crippen MR) is 79.7 cm³/mol. The molecule has 0 spiro atoms. The van der Waals surface area contributed by atoms with Gasteiger partial charge in [0.15, 0.2) is 0 Å². The van der Waals surface area contributed by atoms with Crippen LogP contribution in [-0.4, -0.2) is 62.4 Å². The number of morpholine rings is 1. The lowest BCUT2D eigenvalue weighted by Crippen LogP contribution is -2.54. The van der Waals surface area contributed by atoms with Gasteiger partial charge in [-0.2, -0.15) is 13.2 Å². The number of halogens is 3. The lowest BCUT2D eigenvalue weighted by Gasteiger charge is -2.34. The van der Waals surface area contributed by atoms with Gasteiger partial charge in [0.2, 0.25) is 0 Å². The van der Waals surface area contributed by atoms with E-state index in [-0.39, 0.29) is 17.6 Å². The maximum absolute atomic E-state index is 12.6. The highest BCUT2D eigenvalue weighted by Crippen LogP contribution is 2.29. The molecule has 0 saturated carbocycles. The van der Waals surface area contributed by atoms with Gasteiger partial charge in [-0.1, -0.05) is 0 Å². The van der Waals surface area contributed by atoms with Gasteiger partial charge in [0.05, 0.1) is 44.1 Å². The van der Waals surface area contributed by atoms with Gasteiger partial charge in [0.1, 0.15) is 0 Å². The number of amides is 1. The summed E-state index contributed by atoms with van der Waals surface area (Å²) >= 11 is 0. The maximum atomic E-state index is 12.6. The summed E-state index contributed by atoms with van der Waals surface area (Å²) in [5.74, 6) is -0.391. The SMILES string of the molecule is O=C(N[C@@H]1COC[C@H]1N1CCOCC1)c1ccc(C(F)(F)F)cc1. The highest BCUT2D eigenvalue weighted by molar-refractivity contribution is 5.94. The molecule has 1 aromatic rings. The largest absolute Gasteiger partial charge is 0.416 e. The number of ether oxygens (including phenoxy) is 2. The molecule has 0 aromatic heterocycles. The van der Waals surface area contributed by atoms with Crippen molar-refractivity contribution in [1.82, 2.24) is 10.2 Å². The van der Waals surface area contributed by atoms with Crippen LogP contribution in [0.15, 0.2) is 24.3 Å². The summed E-state index contributed by atoms with van der Waals surface area (Å²) in [6.07, 6.45) is -4.41. The molecule has 5 nitrogen and oxygen atoms in total. The van der Waals surface area contributed by atoms with E-state index in [0.29, 0.717) is 26.4 Å². The second-order valence-electron chi connectivity index (χ2n) is 5.91. The fraction of sp³-hybridized carbons (Fsp3) is 0.562. The molecule has 2 saturated heterocycles. The second-order valence-corrected chi connectivity index (χ2v) is 5.91.